The first-order valence-electron chi connectivity index (χ1n) is 11.5. The fraction of sp³-hybridized carbons (Fsp3) is 0.333. The van der Waals surface area contributed by atoms with Gasteiger partial charge in [0.05, 0.1) is 32.0 Å². The summed E-state index contributed by atoms with van der Waals surface area (Å²) in [6.07, 6.45) is 4.87. The number of aryl methyl sites for hydroxylation is 1. The number of nitrogens with one attached hydrogen (secondary N) is 1. The summed E-state index contributed by atoms with van der Waals surface area (Å²) in [5.41, 5.74) is 3.84. The van der Waals surface area contributed by atoms with Crippen LogP contribution in [-0.4, -0.2) is 30.2 Å². The predicted molar refractivity (Wildman–Crippen MR) is 127 cm³/mol. The van der Waals surface area contributed by atoms with E-state index in [4.69, 9.17) is 14.2 Å². The van der Waals surface area contributed by atoms with Gasteiger partial charge >= 0.3 is 0 Å². The number of hydrogen-bond donors (Lipinski definition) is 1. The van der Waals surface area contributed by atoms with Gasteiger partial charge in [0.25, 0.3) is 5.91 Å². The van der Waals surface area contributed by atoms with Crippen molar-refractivity contribution in [1.82, 2.24) is 10.3 Å². The Balaban J connectivity index is 1.53. The van der Waals surface area contributed by atoms with Crippen LogP contribution >= 0.6 is 0 Å². The van der Waals surface area contributed by atoms with Crippen molar-refractivity contribution in [2.45, 2.75) is 45.4 Å². The van der Waals surface area contributed by atoms with Gasteiger partial charge in [-0.3, -0.25) is 9.78 Å². The van der Waals surface area contributed by atoms with Crippen LogP contribution in [0.5, 0.6) is 11.5 Å². The first kappa shape index (κ1) is 22.8. The Morgan fingerprint density at radius 2 is 1.79 bits per heavy atom. The van der Waals surface area contributed by atoms with E-state index in [1.165, 1.54) is 0 Å². The molecule has 0 aliphatic carbocycles. The van der Waals surface area contributed by atoms with Crippen molar-refractivity contribution in [2.24, 2.45) is 0 Å². The number of carbonyl (C=O) groups is 1. The molecule has 0 saturated heterocycles. The maximum Gasteiger partial charge on any atom is 0.252 e. The molecule has 0 bridgehead atoms. The molecule has 0 radical (unpaired) electrons. The predicted octanol–water partition coefficient (Wildman–Crippen LogP) is 4.88. The number of benzene rings is 2. The van der Waals surface area contributed by atoms with Crippen LogP contribution in [0.3, 0.4) is 0 Å². The zero-order chi connectivity index (χ0) is 23.0. The number of fused-ring (bicyclic) bond motifs is 1. The molecule has 3 aromatic rings. The van der Waals surface area contributed by atoms with Gasteiger partial charge in [-0.25, -0.2) is 0 Å². The molecular weight excluding hydrogens is 416 g/mol. The molecule has 0 saturated carbocycles. The van der Waals surface area contributed by atoms with E-state index in [9.17, 15) is 4.79 Å². The molecular formula is C27H30N2O4. The van der Waals surface area contributed by atoms with Crippen molar-refractivity contribution < 1.29 is 19.0 Å². The third-order valence-electron chi connectivity index (χ3n) is 5.71. The summed E-state index contributed by atoms with van der Waals surface area (Å²) in [6, 6.07) is 17.5. The molecule has 1 amide bonds. The van der Waals surface area contributed by atoms with Crippen molar-refractivity contribution in [3.05, 3.63) is 89.2 Å². The Kier molecular flexibility index (Phi) is 7.58. The minimum Gasteiger partial charge on any atom is -0.490 e. The second-order valence-electron chi connectivity index (χ2n) is 7.93. The first-order valence-corrected chi connectivity index (χ1v) is 11.5. The number of pyridine rings is 1. The monoisotopic (exact) mass is 446 g/mol. The van der Waals surface area contributed by atoms with Crippen molar-refractivity contribution in [3.8, 4) is 11.5 Å². The van der Waals surface area contributed by atoms with Crippen LogP contribution < -0.4 is 14.8 Å². The van der Waals surface area contributed by atoms with Gasteiger partial charge in [-0.05, 0) is 67.6 Å². The van der Waals surface area contributed by atoms with E-state index in [-0.39, 0.29) is 18.1 Å². The zero-order valence-corrected chi connectivity index (χ0v) is 19.1. The number of ether oxygens (including phenoxy) is 3. The van der Waals surface area contributed by atoms with E-state index >= 15 is 0 Å². The highest BCUT2D eigenvalue weighted by atomic mass is 16.5. The van der Waals surface area contributed by atoms with Crippen LogP contribution in [0.15, 0.2) is 67.0 Å². The molecule has 1 aliphatic rings. The smallest absolute Gasteiger partial charge is 0.252 e. The Labute approximate surface area is 194 Å². The van der Waals surface area contributed by atoms with Gasteiger partial charge in [0.2, 0.25) is 0 Å². The molecule has 1 N–H and O–H groups in total. The molecule has 2 heterocycles. The van der Waals surface area contributed by atoms with E-state index in [2.05, 4.69) is 16.4 Å². The summed E-state index contributed by atoms with van der Waals surface area (Å²) in [5, 5.41) is 3.13. The van der Waals surface area contributed by atoms with E-state index in [0.717, 1.165) is 46.6 Å². The van der Waals surface area contributed by atoms with Crippen molar-refractivity contribution >= 4 is 5.91 Å². The molecule has 1 aliphatic heterocycles. The van der Waals surface area contributed by atoms with Crippen molar-refractivity contribution in [3.63, 3.8) is 0 Å². The van der Waals surface area contributed by atoms with E-state index in [1.54, 1.807) is 12.4 Å². The number of amides is 1. The summed E-state index contributed by atoms with van der Waals surface area (Å²) in [5.74, 6) is 1.46. The van der Waals surface area contributed by atoms with Gasteiger partial charge in [-0.15, -0.1) is 0 Å². The number of aromatic nitrogens is 1. The highest BCUT2D eigenvalue weighted by molar-refractivity contribution is 5.99. The maximum absolute atomic E-state index is 12.5. The molecule has 6 heteroatoms. The average molecular weight is 447 g/mol. The molecule has 172 valence electrons. The zero-order valence-electron chi connectivity index (χ0n) is 19.1. The van der Waals surface area contributed by atoms with Gasteiger partial charge in [-0.1, -0.05) is 30.3 Å². The van der Waals surface area contributed by atoms with Crippen LogP contribution in [0.1, 0.15) is 53.4 Å². The Hall–Kier alpha value is -3.38. The molecule has 4 rings (SSSR count). The van der Waals surface area contributed by atoms with Crippen molar-refractivity contribution in [2.75, 3.05) is 13.2 Å². The second-order valence-corrected chi connectivity index (χ2v) is 7.93. The lowest BCUT2D eigenvalue weighted by atomic mass is 9.96. The molecule has 0 spiro atoms. The molecule has 0 fully saturated rings. The summed E-state index contributed by atoms with van der Waals surface area (Å²) >= 11 is 0. The molecule has 1 unspecified atom stereocenters. The molecule has 1 aromatic heterocycles. The average Bonchev–Trinajstić information content (AvgIpc) is 3.18. The minimum absolute atomic E-state index is 0.0507. The standard InChI is InChI=1S/C27H30N2O4/c1-3-31-23-13-11-19(16-25(23)32-4-2)12-14-24(33-18-20-8-7-15-28-17-20)26-21-9-5-6-10-22(21)27(30)29-26/h5-11,13,15-17,24,26H,3-4,12,14,18H2,1-2H3,(H,29,30)/t24?,26-/m1/s1. The Morgan fingerprint density at radius 3 is 2.58 bits per heavy atom. The van der Waals surface area contributed by atoms with Crippen LogP contribution in [0.25, 0.3) is 0 Å². The van der Waals surface area contributed by atoms with Gasteiger partial charge in [0.1, 0.15) is 0 Å². The summed E-state index contributed by atoms with van der Waals surface area (Å²) in [6.45, 7) is 5.52. The fourth-order valence-electron chi connectivity index (χ4n) is 4.16. The van der Waals surface area contributed by atoms with Crippen LogP contribution in [0.2, 0.25) is 0 Å². The highest BCUT2D eigenvalue weighted by Gasteiger charge is 2.34. The van der Waals surface area contributed by atoms with Gasteiger partial charge < -0.3 is 19.5 Å². The lowest BCUT2D eigenvalue weighted by molar-refractivity contribution is 0.0113. The van der Waals surface area contributed by atoms with Crippen LogP contribution in [0, 0.1) is 0 Å². The van der Waals surface area contributed by atoms with Gasteiger partial charge in [-0.2, -0.15) is 0 Å². The minimum atomic E-state index is -0.195. The summed E-state index contributed by atoms with van der Waals surface area (Å²) < 4.78 is 17.8. The SMILES string of the molecule is CCOc1ccc(CCC(OCc2cccnc2)[C@@H]2NC(=O)c3ccccc32)cc1OCC. The molecule has 2 aromatic carbocycles. The third kappa shape index (κ3) is 5.52. The van der Waals surface area contributed by atoms with Crippen LogP contribution in [-0.2, 0) is 17.8 Å². The van der Waals surface area contributed by atoms with Crippen molar-refractivity contribution in [1.29, 1.82) is 0 Å². The quantitative estimate of drug-likeness (QED) is 0.455. The number of rotatable bonds is 11. The normalized spacial score (nSPS) is 15.6. The Morgan fingerprint density at radius 1 is 0.970 bits per heavy atom. The van der Waals surface area contributed by atoms with Gasteiger partial charge in [0, 0.05) is 18.0 Å². The summed E-state index contributed by atoms with van der Waals surface area (Å²) in [7, 11) is 0. The maximum atomic E-state index is 12.5. The van der Waals surface area contributed by atoms with E-state index in [0.29, 0.717) is 19.8 Å². The second kappa shape index (κ2) is 11.0. The van der Waals surface area contributed by atoms with Gasteiger partial charge in [0.15, 0.2) is 11.5 Å². The number of hydrogen-bond acceptors (Lipinski definition) is 5. The van der Waals surface area contributed by atoms with E-state index < -0.39 is 0 Å². The molecule has 33 heavy (non-hydrogen) atoms. The number of nitrogens with zero attached hydrogens (tertiary/aromatic N) is 1. The summed E-state index contributed by atoms with van der Waals surface area (Å²) in [4.78, 5) is 16.7. The van der Waals surface area contributed by atoms with E-state index in [1.807, 2.05) is 62.4 Å². The number of carbonyl (C=O) groups excluding carboxylic acids is 1. The topological polar surface area (TPSA) is 69.7 Å². The lowest BCUT2D eigenvalue weighted by Crippen LogP contribution is -2.32. The molecule has 2 atom stereocenters. The lowest BCUT2D eigenvalue weighted by Gasteiger charge is -2.25. The highest BCUT2D eigenvalue weighted by Crippen LogP contribution is 2.33. The fourth-order valence-corrected chi connectivity index (χ4v) is 4.16. The third-order valence-corrected chi connectivity index (χ3v) is 5.71. The molecule has 6 nitrogen and oxygen atoms in total. The first-order chi connectivity index (χ1) is 16.2. The Bertz CT molecular complexity index is 1070. The van der Waals surface area contributed by atoms with Crippen LogP contribution in [0.4, 0.5) is 0 Å². The largest absolute Gasteiger partial charge is 0.490 e.